The predicted molar refractivity (Wildman–Crippen MR) is 130 cm³/mol. The fourth-order valence-corrected chi connectivity index (χ4v) is 5.12. The average Bonchev–Trinajstić information content (AvgIpc) is 3.16. The molecule has 2 fully saturated rings. The van der Waals surface area contributed by atoms with E-state index in [4.69, 9.17) is 4.74 Å². The van der Waals surface area contributed by atoms with Crippen molar-refractivity contribution in [2.24, 2.45) is 0 Å². The zero-order valence-corrected chi connectivity index (χ0v) is 21.1. The van der Waals surface area contributed by atoms with Crippen LogP contribution in [0.15, 0.2) is 0 Å². The smallest absolute Gasteiger partial charge is 0.408 e. The molecule has 184 valence electrons. The first-order valence-corrected chi connectivity index (χ1v) is 13.6. The molecule has 0 unspecified atom stereocenters. The maximum atomic E-state index is 13.1. The lowest BCUT2D eigenvalue weighted by atomic mass is 10.2. The Hall–Kier alpha value is -1.44. The molecule has 2 aliphatic rings. The van der Waals surface area contributed by atoms with Crippen molar-refractivity contribution < 1.29 is 19.1 Å². The number of hydrogen-bond donors (Lipinski definition) is 1. The summed E-state index contributed by atoms with van der Waals surface area (Å²) in [6.45, 7) is 8.72. The van der Waals surface area contributed by atoms with E-state index in [1.54, 1.807) is 11.8 Å². The quantitative estimate of drug-likeness (QED) is 0.539. The first-order chi connectivity index (χ1) is 15.3. The Morgan fingerprint density at radius 2 is 1.41 bits per heavy atom. The van der Waals surface area contributed by atoms with Gasteiger partial charge in [-0.3, -0.25) is 9.59 Å². The van der Waals surface area contributed by atoms with E-state index in [-0.39, 0.29) is 11.8 Å². The van der Waals surface area contributed by atoms with E-state index in [0.717, 1.165) is 76.9 Å². The number of likely N-dealkylation sites (tertiary alicyclic amines) is 2. The van der Waals surface area contributed by atoms with Crippen molar-refractivity contribution >= 4 is 29.7 Å². The van der Waals surface area contributed by atoms with Crippen molar-refractivity contribution in [2.75, 3.05) is 37.7 Å². The van der Waals surface area contributed by atoms with Gasteiger partial charge in [-0.05, 0) is 58.6 Å². The highest BCUT2D eigenvalue weighted by Gasteiger charge is 2.28. The Labute approximate surface area is 198 Å². The van der Waals surface area contributed by atoms with Gasteiger partial charge in [0.25, 0.3) is 0 Å². The first kappa shape index (κ1) is 26.8. The highest BCUT2D eigenvalue weighted by molar-refractivity contribution is 7.99. The molecular formula is C24H43N3O4S. The number of carbonyl (C=O) groups is 3. The van der Waals surface area contributed by atoms with Gasteiger partial charge in [-0.25, -0.2) is 4.79 Å². The fourth-order valence-electron chi connectivity index (χ4n) is 4.14. The lowest BCUT2D eigenvalue weighted by Gasteiger charge is -2.28. The van der Waals surface area contributed by atoms with Crippen LogP contribution in [0.1, 0.15) is 85.0 Å². The van der Waals surface area contributed by atoms with Crippen LogP contribution in [-0.2, 0) is 14.3 Å². The summed E-state index contributed by atoms with van der Waals surface area (Å²) < 4.78 is 5.39. The zero-order valence-electron chi connectivity index (χ0n) is 20.3. The van der Waals surface area contributed by atoms with Crippen molar-refractivity contribution in [3.05, 3.63) is 0 Å². The summed E-state index contributed by atoms with van der Waals surface area (Å²) in [5.41, 5.74) is -0.610. The Balaban J connectivity index is 1.81. The number of rotatable bonds is 8. The number of ether oxygens (including phenoxy) is 1. The minimum Gasteiger partial charge on any atom is -0.444 e. The molecule has 2 heterocycles. The number of thioether (sulfide) groups is 1. The van der Waals surface area contributed by atoms with E-state index >= 15 is 0 Å². The van der Waals surface area contributed by atoms with Gasteiger partial charge in [0.1, 0.15) is 11.6 Å². The predicted octanol–water partition coefficient (Wildman–Crippen LogP) is 4.20. The Kier molecular flexibility index (Phi) is 11.7. The van der Waals surface area contributed by atoms with E-state index in [0.29, 0.717) is 12.2 Å². The van der Waals surface area contributed by atoms with Crippen LogP contribution < -0.4 is 5.32 Å². The molecule has 7 nitrogen and oxygen atoms in total. The third-order valence-electron chi connectivity index (χ3n) is 5.83. The largest absolute Gasteiger partial charge is 0.444 e. The molecule has 0 radical (unpaired) electrons. The SMILES string of the molecule is CC(C)(C)OC(=O)N[C@H](CSCCCC(=O)N1CCCCCC1)C(=O)N1CCCCCC1. The van der Waals surface area contributed by atoms with Gasteiger partial charge < -0.3 is 19.9 Å². The zero-order chi connectivity index (χ0) is 23.4. The van der Waals surface area contributed by atoms with Gasteiger partial charge in [-0.2, -0.15) is 11.8 Å². The second-order valence-electron chi connectivity index (χ2n) is 9.91. The van der Waals surface area contributed by atoms with Crippen molar-refractivity contribution in [3.8, 4) is 0 Å². The summed E-state index contributed by atoms with van der Waals surface area (Å²) >= 11 is 1.62. The highest BCUT2D eigenvalue weighted by Crippen LogP contribution is 2.16. The molecule has 0 bridgehead atoms. The number of carbonyl (C=O) groups excluding carboxylic acids is 3. The molecular weight excluding hydrogens is 426 g/mol. The van der Waals surface area contributed by atoms with Crippen LogP contribution in [0.2, 0.25) is 0 Å². The minimum absolute atomic E-state index is 0.0223. The van der Waals surface area contributed by atoms with E-state index < -0.39 is 17.7 Å². The maximum Gasteiger partial charge on any atom is 0.408 e. The number of amides is 3. The van der Waals surface area contributed by atoms with Crippen LogP contribution in [0.5, 0.6) is 0 Å². The maximum absolute atomic E-state index is 13.1. The van der Waals surface area contributed by atoms with Crippen molar-refractivity contribution in [3.63, 3.8) is 0 Å². The molecule has 0 aromatic rings. The van der Waals surface area contributed by atoms with Gasteiger partial charge in [0.2, 0.25) is 11.8 Å². The van der Waals surface area contributed by atoms with Crippen LogP contribution in [-0.4, -0.2) is 77.0 Å². The third kappa shape index (κ3) is 10.5. The summed E-state index contributed by atoms with van der Waals surface area (Å²) in [6, 6.07) is -0.603. The van der Waals surface area contributed by atoms with Crippen molar-refractivity contribution in [1.29, 1.82) is 0 Å². The standard InChI is InChI=1S/C24H43N3O4S/c1-24(2,3)31-23(30)25-20(22(29)27-16-10-6-7-11-17-27)19-32-18-12-13-21(28)26-14-8-4-5-9-15-26/h20H,4-19H2,1-3H3,(H,25,30)/t20-/m1/s1. The summed E-state index contributed by atoms with van der Waals surface area (Å²) in [6.07, 6.45) is 9.76. The normalized spacial score (nSPS) is 19.0. The number of nitrogens with zero attached hydrogens (tertiary/aromatic N) is 2. The molecule has 0 aromatic carbocycles. The third-order valence-corrected chi connectivity index (χ3v) is 6.98. The lowest BCUT2D eigenvalue weighted by Crippen LogP contribution is -2.51. The molecule has 32 heavy (non-hydrogen) atoms. The molecule has 8 heteroatoms. The average molecular weight is 470 g/mol. The van der Waals surface area contributed by atoms with E-state index in [2.05, 4.69) is 5.32 Å². The fraction of sp³-hybridized carbons (Fsp3) is 0.875. The topological polar surface area (TPSA) is 79.0 Å². The van der Waals surface area contributed by atoms with Crippen LogP contribution in [0.3, 0.4) is 0 Å². The van der Waals surface area contributed by atoms with Gasteiger partial charge in [0.15, 0.2) is 0 Å². The first-order valence-electron chi connectivity index (χ1n) is 12.4. The van der Waals surface area contributed by atoms with Crippen LogP contribution in [0.25, 0.3) is 0 Å². The molecule has 3 amide bonds. The van der Waals surface area contributed by atoms with Gasteiger partial charge >= 0.3 is 6.09 Å². The molecule has 1 atom stereocenters. The molecule has 0 saturated carbocycles. The van der Waals surface area contributed by atoms with Crippen molar-refractivity contribution in [2.45, 2.75) is 96.6 Å². The molecule has 0 spiro atoms. The Bertz CT molecular complexity index is 593. The van der Waals surface area contributed by atoms with Crippen LogP contribution in [0.4, 0.5) is 4.79 Å². The summed E-state index contributed by atoms with van der Waals surface area (Å²) in [5, 5.41) is 2.80. The van der Waals surface area contributed by atoms with Gasteiger partial charge in [-0.1, -0.05) is 25.7 Å². The van der Waals surface area contributed by atoms with E-state index in [1.165, 1.54) is 12.8 Å². The molecule has 1 N–H and O–H groups in total. The van der Waals surface area contributed by atoms with Gasteiger partial charge in [-0.15, -0.1) is 0 Å². The summed E-state index contributed by atoms with van der Waals surface area (Å²) in [4.78, 5) is 41.8. The molecule has 2 saturated heterocycles. The number of nitrogens with one attached hydrogen (secondary N) is 1. The lowest BCUT2D eigenvalue weighted by molar-refractivity contribution is -0.133. The van der Waals surface area contributed by atoms with Gasteiger partial charge in [0, 0.05) is 38.4 Å². The highest BCUT2D eigenvalue weighted by atomic mass is 32.2. The molecule has 2 rings (SSSR count). The second-order valence-corrected chi connectivity index (χ2v) is 11.1. The van der Waals surface area contributed by atoms with Gasteiger partial charge in [0.05, 0.1) is 0 Å². The van der Waals surface area contributed by atoms with Crippen molar-refractivity contribution in [1.82, 2.24) is 15.1 Å². The van der Waals surface area contributed by atoms with E-state index in [9.17, 15) is 14.4 Å². The Morgan fingerprint density at radius 1 is 0.875 bits per heavy atom. The summed E-state index contributed by atoms with van der Waals surface area (Å²) in [7, 11) is 0. The second kappa shape index (κ2) is 14.0. The van der Waals surface area contributed by atoms with E-state index in [1.807, 2.05) is 30.6 Å². The molecule has 2 aliphatic heterocycles. The number of alkyl carbamates (subject to hydrolysis) is 1. The minimum atomic E-state index is -0.610. The summed E-state index contributed by atoms with van der Waals surface area (Å²) in [5.74, 6) is 1.51. The molecule has 0 aliphatic carbocycles. The van der Waals surface area contributed by atoms with Crippen LogP contribution in [0, 0.1) is 0 Å². The molecule has 0 aromatic heterocycles. The van der Waals surface area contributed by atoms with Crippen LogP contribution >= 0.6 is 11.8 Å². The Morgan fingerprint density at radius 3 is 1.94 bits per heavy atom. The number of hydrogen-bond acceptors (Lipinski definition) is 5. The monoisotopic (exact) mass is 469 g/mol.